The van der Waals surface area contributed by atoms with Crippen LogP contribution in [0, 0.1) is 0 Å². The van der Waals surface area contributed by atoms with E-state index in [4.69, 9.17) is 4.74 Å². The van der Waals surface area contributed by atoms with E-state index < -0.39 is 17.9 Å². The molecular weight excluding hydrogens is 318 g/mol. The molecule has 1 aromatic rings. The summed E-state index contributed by atoms with van der Waals surface area (Å²) in [7, 11) is 0. The van der Waals surface area contributed by atoms with E-state index in [-0.39, 0.29) is 19.1 Å². The molecule has 23 heavy (non-hydrogen) atoms. The molecule has 0 radical (unpaired) electrons. The molecule has 0 spiro atoms. The third kappa shape index (κ3) is 7.14. The molecular formula is C15H22N3O4S+. The number of thioether (sulfide) groups is 1. The molecule has 1 atom stereocenters. The molecule has 1 heterocycles. The quantitative estimate of drug-likeness (QED) is 0.618. The van der Waals surface area contributed by atoms with Crippen LogP contribution in [-0.2, 0) is 14.3 Å². The number of amides is 2. The molecule has 1 rings (SSSR count). The van der Waals surface area contributed by atoms with Gasteiger partial charge in [-0.15, -0.1) is 0 Å². The van der Waals surface area contributed by atoms with Crippen LogP contribution in [0.3, 0.4) is 0 Å². The number of aromatic nitrogens is 1. The normalized spacial score (nSPS) is 11.4. The summed E-state index contributed by atoms with van der Waals surface area (Å²) in [6.07, 6.45) is 5.61. The van der Waals surface area contributed by atoms with Crippen molar-refractivity contribution in [3.8, 4) is 0 Å². The minimum atomic E-state index is -0.697. The zero-order valence-electron chi connectivity index (χ0n) is 13.3. The lowest BCUT2D eigenvalue weighted by atomic mass is 10.2. The van der Waals surface area contributed by atoms with Crippen LogP contribution in [0.25, 0.3) is 0 Å². The summed E-state index contributed by atoms with van der Waals surface area (Å²) in [6.45, 7) is 1.76. The van der Waals surface area contributed by atoms with Crippen molar-refractivity contribution in [3.05, 3.63) is 30.1 Å². The van der Waals surface area contributed by atoms with Gasteiger partial charge in [0.05, 0.1) is 13.2 Å². The van der Waals surface area contributed by atoms with Gasteiger partial charge < -0.3 is 15.4 Å². The Bertz CT molecular complexity index is 525. The van der Waals surface area contributed by atoms with Crippen LogP contribution in [0.4, 0.5) is 0 Å². The van der Waals surface area contributed by atoms with Gasteiger partial charge in [0.25, 0.3) is 5.91 Å². The molecule has 0 saturated heterocycles. The first kappa shape index (κ1) is 19.0. The first-order valence-corrected chi connectivity index (χ1v) is 8.67. The first-order chi connectivity index (χ1) is 11.1. The summed E-state index contributed by atoms with van der Waals surface area (Å²) in [4.78, 5) is 38.3. The van der Waals surface area contributed by atoms with E-state index in [0.29, 0.717) is 12.0 Å². The third-order valence-corrected chi connectivity index (χ3v) is 3.54. The van der Waals surface area contributed by atoms with Crippen LogP contribution in [0.1, 0.15) is 23.7 Å². The number of pyridine rings is 1. The Kier molecular flexibility index (Phi) is 8.74. The smallest absolute Gasteiger partial charge is 0.328 e. The topological polar surface area (TPSA) is 98.6 Å². The maximum absolute atomic E-state index is 11.9. The van der Waals surface area contributed by atoms with Crippen LogP contribution >= 0.6 is 11.8 Å². The Morgan fingerprint density at radius 2 is 2.17 bits per heavy atom. The fourth-order valence-corrected chi connectivity index (χ4v) is 2.24. The number of nitrogens with one attached hydrogen (secondary N) is 3. The van der Waals surface area contributed by atoms with Gasteiger partial charge in [-0.2, -0.15) is 11.8 Å². The SMILES string of the molecule is CCOC(=O)C(CCSC)NC(=O)CNC(=O)c1ccc[nH+]c1. The van der Waals surface area contributed by atoms with E-state index in [1.54, 1.807) is 37.0 Å². The van der Waals surface area contributed by atoms with Crippen molar-refractivity contribution in [2.45, 2.75) is 19.4 Å². The number of hydrogen-bond acceptors (Lipinski definition) is 5. The van der Waals surface area contributed by atoms with Gasteiger partial charge in [-0.25, -0.2) is 9.78 Å². The van der Waals surface area contributed by atoms with Crippen molar-refractivity contribution in [1.82, 2.24) is 10.6 Å². The molecule has 0 saturated carbocycles. The average Bonchev–Trinajstić information content (AvgIpc) is 2.57. The predicted molar refractivity (Wildman–Crippen MR) is 86.9 cm³/mol. The van der Waals surface area contributed by atoms with Gasteiger partial charge in [0, 0.05) is 6.07 Å². The van der Waals surface area contributed by atoms with Gasteiger partial charge >= 0.3 is 5.97 Å². The number of carbonyl (C=O) groups is 3. The number of rotatable bonds is 9. The molecule has 0 aliphatic rings. The van der Waals surface area contributed by atoms with Crippen LogP contribution in [0.15, 0.2) is 24.5 Å². The maximum Gasteiger partial charge on any atom is 0.328 e. The zero-order valence-corrected chi connectivity index (χ0v) is 14.1. The van der Waals surface area contributed by atoms with Crippen molar-refractivity contribution >= 4 is 29.5 Å². The van der Waals surface area contributed by atoms with Crippen LogP contribution in [-0.4, -0.2) is 49.0 Å². The Balaban J connectivity index is 2.48. The highest BCUT2D eigenvalue weighted by molar-refractivity contribution is 7.98. The minimum Gasteiger partial charge on any atom is -0.464 e. The molecule has 3 N–H and O–H groups in total. The van der Waals surface area contributed by atoms with E-state index in [0.717, 1.165) is 5.75 Å². The summed E-state index contributed by atoms with van der Waals surface area (Å²) in [5.41, 5.74) is 0.421. The van der Waals surface area contributed by atoms with Gasteiger partial charge in [-0.05, 0) is 31.4 Å². The summed E-state index contributed by atoms with van der Waals surface area (Å²) in [6, 6.07) is 2.62. The lowest BCUT2D eigenvalue weighted by Crippen LogP contribution is -2.46. The van der Waals surface area contributed by atoms with E-state index in [1.807, 2.05) is 6.26 Å². The molecule has 0 aromatic carbocycles. The monoisotopic (exact) mass is 340 g/mol. The molecule has 126 valence electrons. The Morgan fingerprint density at radius 3 is 2.78 bits per heavy atom. The summed E-state index contributed by atoms with van der Waals surface area (Å²) in [5.74, 6) is -0.541. The second-order valence-corrected chi connectivity index (χ2v) is 5.61. The molecule has 8 heteroatoms. The highest BCUT2D eigenvalue weighted by Crippen LogP contribution is 2.03. The molecule has 7 nitrogen and oxygen atoms in total. The summed E-state index contributed by atoms with van der Waals surface area (Å²) < 4.78 is 4.94. The first-order valence-electron chi connectivity index (χ1n) is 7.27. The lowest BCUT2D eigenvalue weighted by Gasteiger charge is -2.17. The Labute approximate surface area is 139 Å². The summed E-state index contributed by atoms with van der Waals surface area (Å²) in [5, 5.41) is 5.10. The fourth-order valence-electron chi connectivity index (χ4n) is 1.77. The molecule has 0 aliphatic carbocycles. The Hall–Kier alpha value is -2.09. The van der Waals surface area contributed by atoms with Crippen LogP contribution in [0.2, 0.25) is 0 Å². The lowest BCUT2D eigenvalue weighted by molar-refractivity contribution is -0.378. The van der Waals surface area contributed by atoms with Crippen molar-refractivity contribution in [2.75, 3.05) is 25.2 Å². The van der Waals surface area contributed by atoms with E-state index in [1.165, 1.54) is 6.20 Å². The number of aromatic amines is 1. The highest BCUT2D eigenvalue weighted by Gasteiger charge is 2.21. The van der Waals surface area contributed by atoms with E-state index >= 15 is 0 Å². The molecule has 0 aliphatic heterocycles. The fraction of sp³-hybridized carbons (Fsp3) is 0.467. The van der Waals surface area contributed by atoms with Crippen molar-refractivity contribution in [1.29, 1.82) is 0 Å². The van der Waals surface area contributed by atoms with Gasteiger partial charge in [0.1, 0.15) is 11.6 Å². The van der Waals surface area contributed by atoms with Crippen molar-refractivity contribution in [2.24, 2.45) is 0 Å². The van der Waals surface area contributed by atoms with Crippen molar-refractivity contribution < 1.29 is 24.1 Å². The molecule has 1 unspecified atom stereocenters. The number of carbonyl (C=O) groups excluding carboxylic acids is 3. The third-order valence-electron chi connectivity index (χ3n) is 2.90. The number of ether oxygens (including phenoxy) is 1. The van der Waals surface area contributed by atoms with E-state index in [9.17, 15) is 14.4 Å². The molecule has 2 amide bonds. The van der Waals surface area contributed by atoms with E-state index in [2.05, 4.69) is 15.6 Å². The van der Waals surface area contributed by atoms with Gasteiger partial charge in [0.2, 0.25) is 5.91 Å². The second-order valence-electron chi connectivity index (χ2n) is 4.63. The second kappa shape index (κ2) is 10.6. The number of H-pyrrole nitrogens is 1. The standard InChI is InChI=1S/C15H21N3O4S/c1-3-22-15(21)12(6-8-23-2)18-13(19)10-17-14(20)11-5-4-7-16-9-11/h4-5,7,9,12H,3,6,8,10H2,1-2H3,(H,17,20)(H,18,19)/p+1. The van der Waals surface area contributed by atoms with Crippen LogP contribution in [0.5, 0.6) is 0 Å². The Morgan fingerprint density at radius 1 is 1.39 bits per heavy atom. The number of esters is 1. The summed E-state index contributed by atoms with van der Waals surface area (Å²) >= 11 is 1.58. The average molecular weight is 340 g/mol. The molecule has 0 bridgehead atoms. The molecule has 1 aromatic heterocycles. The maximum atomic E-state index is 11.9. The van der Waals surface area contributed by atoms with Gasteiger partial charge in [-0.1, -0.05) is 0 Å². The minimum absolute atomic E-state index is 0.205. The molecule has 0 fully saturated rings. The van der Waals surface area contributed by atoms with Gasteiger partial charge in [-0.3, -0.25) is 9.59 Å². The van der Waals surface area contributed by atoms with Gasteiger partial charge in [0.15, 0.2) is 12.4 Å². The number of hydrogen-bond donors (Lipinski definition) is 2. The van der Waals surface area contributed by atoms with Crippen LogP contribution < -0.4 is 15.6 Å². The highest BCUT2D eigenvalue weighted by atomic mass is 32.2. The zero-order chi connectivity index (χ0) is 17.1. The predicted octanol–water partition coefficient (Wildman–Crippen LogP) is 0.0315. The van der Waals surface area contributed by atoms with Crippen molar-refractivity contribution in [3.63, 3.8) is 0 Å². The largest absolute Gasteiger partial charge is 0.464 e.